The van der Waals surface area contributed by atoms with Crippen LogP contribution in [0.1, 0.15) is 12.8 Å². The number of nitrogens with one attached hydrogen (secondary N) is 1. The molecule has 6 nitrogen and oxygen atoms in total. The summed E-state index contributed by atoms with van der Waals surface area (Å²) in [6.45, 7) is 0. The number of hydrogen-bond acceptors (Lipinski definition) is 4. The number of halogens is 1. The summed E-state index contributed by atoms with van der Waals surface area (Å²) in [6, 6.07) is 2.89. The Bertz CT molecular complexity index is 696. The lowest BCUT2D eigenvalue weighted by molar-refractivity contribution is 0.568. The van der Waals surface area contributed by atoms with Gasteiger partial charge in [0.05, 0.1) is 11.4 Å². The molecule has 1 aliphatic carbocycles. The molecule has 0 spiro atoms. The molecule has 1 aromatic rings. The van der Waals surface area contributed by atoms with Crippen molar-refractivity contribution in [2.24, 2.45) is 11.1 Å². The summed E-state index contributed by atoms with van der Waals surface area (Å²) in [6.07, 6.45) is 1.75. The fourth-order valence-electron chi connectivity index (χ4n) is 1.61. The third-order valence-electron chi connectivity index (χ3n) is 2.66. The average molecular weight is 308 g/mol. The fraction of sp³-hybridized carbons (Fsp3) is 0.400. The Morgan fingerprint density at radius 3 is 2.37 bits per heavy atom. The molecule has 0 aliphatic heterocycles. The molecule has 0 radical (unpaired) electrons. The van der Waals surface area contributed by atoms with Gasteiger partial charge in [-0.15, -0.1) is 0 Å². The summed E-state index contributed by atoms with van der Waals surface area (Å²) < 4.78 is 61.0. The third kappa shape index (κ3) is 3.88. The Labute approximate surface area is 110 Å². The highest BCUT2D eigenvalue weighted by Crippen LogP contribution is 2.30. The van der Waals surface area contributed by atoms with Crippen LogP contribution < -0.4 is 9.86 Å². The van der Waals surface area contributed by atoms with Crippen molar-refractivity contribution < 1.29 is 21.2 Å². The summed E-state index contributed by atoms with van der Waals surface area (Å²) in [5.74, 6) is -0.939. The van der Waals surface area contributed by atoms with Gasteiger partial charge in [-0.3, -0.25) is 4.72 Å². The second-order valence-electron chi connectivity index (χ2n) is 4.52. The Morgan fingerprint density at radius 1 is 1.26 bits per heavy atom. The molecule has 9 heteroatoms. The maximum atomic E-state index is 13.5. The van der Waals surface area contributed by atoms with Gasteiger partial charge in [0.1, 0.15) is 10.7 Å². The van der Waals surface area contributed by atoms with Crippen LogP contribution in [0.4, 0.5) is 10.1 Å². The van der Waals surface area contributed by atoms with Crippen molar-refractivity contribution in [2.45, 2.75) is 17.7 Å². The van der Waals surface area contributed by atoms with Gasteiger partial charge in [0.25, 0.3) is 0 Å². The highest BCUT2D eigenvalue weighted by molar-refractivity contribution is 7.92. The lowest BCUT2D eigenvalue weighted by atomic mass is 10.3. The fourth-order valence-corrected chi connectivity index (χ4v) is 3.72. The minimum Gasteiger partial charge on any atom is -0.283 e. The summed E-state index contributed by atoms with van der Waals surface area (Å²) in [5, 5.41) is 4.80. The van der Waals surface area contributed by atoms with Gasteiger partial charge in [0, 0.05) is 0 Å². The Hall–Kier alpha value is -1.19. The van der Waals surface area contributed by atoms with Crippen LogP contribution in [0.25, 0.3) is 0 Å². The molecule has 3 N–H and O–H groups in total. The molecule has 1 fully saturated rings. The molecular formula is C10H13FN2O4S2. The van der Waals surface area contributed by atoms with Crippen LogP contribution in [0.2, 0.25) is 0 Å². The molecule has 1 saturated carbocycles. The Kier molecular flexibility index (Phi) is 3.54. The van der Waals surface area contributed by atoms with Gasteiger partial charge in [0.15, 0.2) is 0 Å². The molecule has 106 valence electrons. The van der Waals surface area contributed by atoms with Crippen LogP contribution in [-0.4, -0.2) is 22.6 Å². The number of rotatable bonds is 5. The first-order chi connectivity index (χ1) is 8.67. The van der Waals surface area contributed by atoms with Crippen molar-refractivity contribution in [3.05, 3.63) is 24.0 Å². The van der Waals surface area contributed by atoms with Gasteiger partial charge in [0.2, 0.25) is 20.0 Å². The molecule has 0 heterocycles. The van der Waals surface area contributed by atoms with Crippen molar-refractivity contribution >= 4 is 25.7 Å². The second kappa shape index (κ2) is 4.73. The van der Waals surface area contributed by atoms with Gasteiger partial charge in [-0.25, -0.2) is 26.4 Å². The topological polar surface area (TPSA) is 106 Å². The van der Waals surface area contributed by atoms with E-state index in [1.54, 1.807) is 0 Å². The first-order valence-electron chi connectivity index (χ1n) is 5.50. The Balaban J connectivity index is 2.20. The molecular weight excluding hydrogens is 295 g/mol. The number of anilines is 1. The second-order valence-corrected chi connectivity index (χ2v) is 7.81. The number of hydrogen-bond donors (Lipinski definition) is 2. The van der Waals surface area contributed by atoms with E-state index in [-0.39, 0.29) is 17.4 Å². The van der Waals surface area contributed by atoms with E-state index in [1.807, 2.05) is 0 Å². The minimum absolute atomic E-state index is 0.00838. The highest BCUT2D eigenvalue weighted by Gasteiger charge is 2.28. The van der Waals surface area contributed by atoms with E-state index in [9.17, 15) is 21.2 Å². The van der Waals surface area contributed by atoms with Crippen molar-refractivity contribution in [1.82, 2.24) is 0 Å². The molecule has 0 aromatic heterocycles. The van der Waals surface area contributed by atoms with Crippen LogP contribution in [-0.2, 0) is 20.0 Å². The number of sulfonamides is 2. The lowest BCUT2D eigenvalue weighted by Crippen LogP contribution is -2.18. The van der Waals surface area contributed by atoms with Crippen LogP contribution in [0.3, 0.4) is 0 Å². The molecule has 19 heavy (non-hydrogen) atoms. The van der Waals surface area contributed by atoms with Crippen LogP contribution in [0.5, 0.6) is 0 Å². The first kappa shape index (κ1) is 14.2. The summed E-state index contributed by atoms with van der Waals surface area (Å²) in [4.78, 5) is -0.669. The standard InChI is InChI=1S/C10H13FN2O4S2/c11-9-5-8(3-4-10(9)19(12,16)17)13-18(14,15)6-7-1-2-7/h3-5,7,13H,1-2,6H2,(H2,12,16,17). The summed E-state index contributed by atoms with van der Waals surface area (Å²) >= 11 is 0. The van der Waals surface area contributed by atoms with E-state index in [2.05, 4.69) is 4.72 Å². The van der Waals surface area contributed by atoms with E-state index in [0.717, 1.165) is 31.0 Å². The Morgan fingerprint density at radius 2 is 1.89 bits per heavy atom. The normalized spacial score (nSPS) is 16.3. The quantitative estimate of drug-likeness (QED) is 0.831. The molecule has 0 unspecified atom stereocenters. The number of benzene rings is 1. The van der Waals surface area contributed by atoms with E-state index in [4.69, 9.17) is 5.14 Å². The van der Waals surface area contributed by atoms with E-state index in [1.165, 1.54) is 0 Å². The number of nitrogens with two attached hydrogens (primary N) is 1. The number of primary sulfonamides is 1. The highest BCUT2D eigenvalue weighted by atomic mass is 32.2. The van der Waals surface area contributed by atoms with Gasteiger partial charge in [-0.1, -0.05) is 0 Å². The molecule has 1 aromatic carbocycles. The van der Waals surface area contributed by atoms with Gasteiger partial charge >= 0.3 is 0 Å². The zero-order chi connectivity index (χ0) is 14.3. The first-order valence-corrected chi connectivity index (χ1v) is 8.70. The average Bonchev–Trinajstić information content (AvgIpc) is 2.97. The predicted octanol–water partition coefficient (Wildman–Crippen LogP) is 0.625. The van der Waals surface area contributed by atoms with Gasteiger partial charge in [-0.2, -0.15) is 0 Å². The maximum absolute atomic E-state index is 13.5. The monoisotopic (exact) mass is 308 g/mol. The maximum Gasteiger partial charge on any atom is 0.240 e. The van der Waals surface area contributed by atoms with Crippen molar-refractivity contribution in [3.8, 4) is 0 Å². The van der Waals surface area contributed by atoms with Gasteiger partial charge < -0.3 is 0 Å². The van der Waals surface area contributed by atoms with Gasteiger partial charge in [-0.05, 0) is 37.0 Å². The van der Waals surface area contributed by atoms with Crippen molar-refractivity contribution in [1.29, 1.82) is 0 Å². The summed E-state index contributed by atoms with van der Waals surface area (Å²) in [7, 11) is -7.69. The van der Waals surface area contributed by atoms with Crippen LogP contribution in [0, 0.1) is 11.7 Å². The zero-order valence-electron chi connectivity index (χ0n) is 9.84. The molecule has 0 atom stereocenters. The molecule has 0 bridgehead atoms. The molecule has 1 aliphatic rings. The third-order valence-corrected chi connectivity index (χ3v) is 5.06. The smallest absolute Gasteiger partial charge is 0.240 e. The van der Waals surface area contributed by atoms with E-state index in [0.29, 0.717) is 0 Å². The van der Waals surface area contributed by atoms with Crippen LogP contribution in [0.15, 0.2) is 23.1 Å². The van der Waals surface area contributed by atoms with E-state index >= 15 is 0 Å². The molecule has 0 saturated heterocycles. The SMILES string of the molecule is NS(=O)(=O)c1ccc(NS(=O)(=O)CC2CC2)cc1F. The molecule has 0 amide bonds. The zero-order valence-corrected chi connectivity index (χ0v) is 11.5. The molecule has 2 rings (SSSR count). The van der Waals surface area contributed by atoms with Crippen molar-refractivity contribution in [3.63, 3.8) is 0 Å². The lowest BCUT2D eigenvalue weighted by Gasteiger charge is -2.08. The minimum atomic E-state index is -4.16. The van der Waals surface area contributed by atoms with Crippen LogP contribution >= 0.6 is 0 Å². The largest absolute Gasteiger partial charge is 0.283 e. The van der Waals surface area contributed by atoms with E-state index < -0.39 is 30.8 Å². The summed E-state index contributed by atoms with van der Waals surface area (Å²) in [5.41, 5.74) is -0.0226. The van der Waals surface area contributed by atoms with Crippen molar-refractivity contribution in [2.75, 3.05) is 10.5 Å². The predicted molar refractivity (Wildman–Crippen MR) is 67.9 cm³/mol.